The number of hydrogen-bond donors (Lipinski definition) is 1. The van der Waals surface area contributed by atoms with Gasteiger partial charge in [0.2, 0.25) is 16.0 Å². The maximum absolute atomic E-state index is 13.3. The number of benzene rings is 1. The van der Waals surface area contributed by atoms with E-state index in [-0.39, 0.29) is 12.4 Å². The number of hydrogen-bond acceptors (Lipinski definition) is 8. The van der Waals surface area contributed by atoms with E-state index in [2.05, 4.69) is 24.9 Å². The van der Waals surface area contributed by atoms with Crippen molar-refractivity contribution < 1.29 is 22.3 Å². The van der Waals surface area contributed by atoms with Crippen molar-refractivity contribution in [3.63, 3.8) is 0 Å². The van der Waals surface area contributed by atoms with E-state index in [0.717, 1.165) is 11.8 Å². The van der Waals surface area contributed by atoms with Crippen LogP contribution in [0.25, 0.3) is 17.1 Å². The quantitative estimate of drug-likeness (QED) is 0.361. The van der Waals surface area contributed by atoms with Gasteiger partial charge in [0.1, 0.15) is 23.0 Å². The number of nitrogens with zero attached hydrogens (tertiary/aromatic N) is 5. The third-order valence-electron chi connectivity index (χ3n) is 5.47. The van der Waals surface area contributed by atoms with Gasteiger partial charge in [0, 0.05) is 30.1 Å². The molecule has 0 fully saturated rings. The number of nitrogens with one attached hydrogen (secondary N) is 1. The third kappa shape index (κ3) is 5.13. The second-order valence-electron chi connectivity index (χ2n) is 8.07. The predicted octanol–water partition coefficient (Wildman–Crippen LogP) is 3.56. The Morgan fingerprint density at radius 3 is 2.39 bits per heavy atom. The molecular weight excluding hydrogens is 487 g/mol. The molecule has 0 aliphatic carbocycles. The van der Waals surface area contributed by atoms with Crippen LogP contribution in [-0.2, 0) is 16.4 Å². The second kappa shape index (κ2) is 10.3. The zero-order valence-electron chi connectivity index (χ0n) is 20.1. The number of methoxy groups -OCH3 is 2. The van der Waals surface area contributed by atoms with E-state index in [9.17, 15) is 12.8 Å². The number of pyridine rings is 2. The largest absolute Gasteiger partial charge is 0.494 e. The van der Waals surface area contributed by atoms with Crippen molar-refractivity contribution in [1.82, 2.24) is 24.7 Å². The van der Waals surface area contributed by atoms with Crippen molar-refractivity contribution in [3.8, 4) is 28.6 Å². The molecule has 3 heterocycles. The maximum atomic E-state index is 13.3. The summed E-state index contributed by atoms with van der Waals surface area (Å²) >= 11 is 0. The number of ether oxygens (including phenoxy) is 2. The summed E-state index contributed by atoms with van der Waals surface area (Å²) in [5, 5.41) is 7.51. The first-order chi connectivity index (χ1) is 17.2. The second-order valence-corrected chi connectivity index (χ2v) is 10.2. The highest BCUT2D eigenvalue weighted by atomic mass is 32.2. The van der Waals surface area contributed by atoms with Gasteiger partial charge < -0.3 is 9.47 Å². The molecule has 1 unspecified atom stereocenters. The highest BCUT2D eigenvalue weighted by molar-refractivity contribution is 7.93. The van der Waals surface area contributed by atoms with E-state index in [1.54, 1.807) is 30.6 Å². The number of anilines is 1. The van der Waals surface area contributed by atoms with E-state index in [1.807, 2.05) is 13.0 Å². The van der Waals surface area contributed by atoms with Crippen LogP contribution in [0.15, 0.2) is 55.0 Å². The smallest absolute Gasteiger partial charge is 0.243 e. The average Bonchev–Trinajstić information content (AvgIpc) is 3.27. The van der Waals surface area contributed by atoms with Crippen LogP contribution in [-0.4, -0.2) is 52.6 Å². The Morgan fingerprint density at radius 2 is 1.78 bits per heavy atom. The van der Waals surface area contributed by atoms with Crippen molar-refractivity contribution in [2.45, 2.75) is 25.5 Å². The molecule has 0 radical (unpaired) electrons. The Hall–Kier alpha value is -4.06. The summed E-state index contributed by atoms with van der Waals surface area (Å²) in [5.74, 6) is 0.609. The first-order valence-corrected chi connectivity index (χ1v) is 12.5. The number of rotatable bonds is 9. The van der Waals surface area contributed by atoms with Gasteiger partial charge in [-0.1, -0.05) is 6.07 Å². The summed E-state index contributed by atoms with van der Waals surface area (Å²) in [6, 6.07) is 9.74. The molecule has 0 saturated heterocycles. The fourth-order valence-corrected chi connectivity index (χ4v) is 4.62. The molecule has 1 N–H and O–H groups in total. The summed E-state index contributed by atoms with van der Waals surface area (Å²) in [5.41, 5.74) is 2.35. The maximum Gasteiger partial charge on any atom is 0.243 e. The van der Waals surface area contributed by atoms with Crippen molar-refractivity contribution in [1.29, 1.82) is 0 Å². The summed E-state index contributed by atoms with van der Waals surface area (Å²) in [6.45, 7) is 3.42. The molecule has 4 aromatic rings. The topological polar surface area (TPSA) is 121 Å². The van der Waals surface area contributed by atoms with Gasteiger partial charge in [-0.25, -0.2) is 12.8 Å². The van der Waals surface area contributed by atoms with E-state index in [4.69, 9.17) is 9.47 Å². The van der Waals surface area contributed by atoms with Gasteiger partial charge in [-0.3, -0.25) is 19.3 Å². The van der Waals surface area contributed by atoms with Crippen LogP contribution in [0, 0.1) is 12.7 Å². The molecule has 0 amide bonds. The summed E-state index contributed by atoms with van der Waals surface area (Å²) in [6.07, 6.45) is 4.42. The Kier molecular flexibility index (Phi) is 7.15. The summed E-state index contributed by atoms with van der Waals surface area (Å²) in [7, 11) is -0.976. The lowest BCUT2D eigenvalue weighted by atomic mass is 10.2. The Balaban J connectivity index is 1.81. The fraction of sp³-hybridized carbons (Fsp3) is 0.250. The van der Waals surface area contributed by atoms with Crippen LogP contribution in [0.1, 0.15) is 18.2 Å². The first kappa shape index (κ1) is 25.0. The zero-order valence-corrected chi connectivity index (χ0v) is 21.0. The van der Waals surface area contributed by atoms with Crippen LogP contribution >= 0.6 is 0 Å². The molecule has 0 saturated carbocycles. The Bertz CT molecular complexity index is 1450. The SMILES string of the molecule is COc1cccc(OC)c1-n1c(NS(=O)(=O)C(C)Cc2ccc(F)cn2)nnc1-c1cncc(C)c1. The fourth-order valence-electron chi connectivity index (χ4n) is 3.64. The van der Waals surface area contributed by atoms with Crippen LogP contribution in [0.3, 0.4) is 0 Å². The molecule has 4 rings (SSSR count). The van der Waals surface area contributed by atoms with Gasteiger partial charge in [0.15, 0.2) is 5.82 Å². The number of para-hydroxylation sites is 1. The van der Waals surface area contributed by atoms with Gasteiger partial charge in [0.05, 0.1) is 25.7 Å². The Morgan fingerprint density at radius 1 is 1.06 bits per heavy atom. The number of aryl methyl sites for hydroxylation is 1. The molecule has 36 heavy (non-hydrogen) atoms. The molecule has 12 heteroatoms. The lowest BCUT2D eigenvalue weighted by Crippen LogP contribution is -2.29. The van der Waals surface area contributed by atoms with Gasteiger partial charge in [0.25, 0.3) is 0 Å². The van der Waals surface area contributed by atoms with Crippen molar-refractivity contribution in [3.05, 3.63) is 72.1 Å². The lowest BCUT2D eigenvalue weighted by Gasteiger charge is -2.19. The summed E-state index contributed by atoms with van der Waals surface area (Å²) < 4.78 is 55.0. The van der Waals surface area contributed by atoms with Crippen molar-refractivity contribution >= 4 is 16.0 Å². The average molecular weight is 513 g/mol. The molecule has 0 spiro atoms. The normalized spacial score (nSPS) is 12.2. The van der Waals surface area contributed by atoms with Gasteiger partial charge >= 0.3 is 0 Å². The van der Waals surface area contributed by atoms with Crippen molar-refractivity contribution in [2.24, 2.45) is 0 Å². The lowest BCUT2D eigenvalue weighted by molar-refractivity contribution is 0.391. The molecular formula is C24H25FN6O4S. The van der Waals surface area contributed by atoms with Crippen LogP contribution in [0.2, 0.25) is 0 Å². The standard InChI is InChI=1S/C24H25FN6O4S/c1-15-10-17(13-26-12-15)23-28-29-24(31(23)22-20(34-3)6-5-7-21(22)35-4)30-36(32,33)16(2)11-19-9-8-18(25)14-27-19/h5-10,12-14,16H,11H2,1-4H3,(H,29,30). The van der Waals surface area contributed by atoms with Gasteiger partial charge in [-0.05, 0) is 49.7 Å². The minimum atomic E-state index is -3.97. The number of sulfonamides is 1. The van der Waals surface area contributed by atoms with Crippen LogP contribution in [0.5, 0.6) is 11.5 Å². The molecule has 0 bridgehead atoms. The molecule has 1 atom stereocenters. The Labute approximate surface area is 208 Å². The number of aromatic nitrogens is 5. The van der Waals surface area contributed by atoms with E-state index in [1.165, 1.54) is 37.8 Å². The summed E-state index contributed by atoms with van der Waals surface area (Å²) in [4.78, 5) is 8.19. The first-order valence-electron chi connectivity index (χ1n) is 10.9. The zero-order chi connectivity index (χ0) is 25.9. The predicted molar refractivity (Wildman–Crippen MR) is 132 cm³/mol. The van der Waals surface area contributed by atoms with Gasteiger partial charge in [-0.15, -0.1) is 10.2 Å². The van der Waals surface area contributed by atoms with E-state index < -0.39 is 21.1 Å². The van der Waals surface area contributed by atoms with Crippen LogP contribution < -0.4 is 14.2 Å². The minimum Gasteiger partial charge on any atom is -0.494 e. The van der Waals surface area contributed by atoms with E-state index in [0.29, 0.717) is 34.3 Å². The van der Waals surface area contributed by atoms with Crippen molar-refractivity contribution in [2.75, 3.05) is 18.9 Å². The highest BCUT2D eigenvalue weighted by Crippen LogP contribution is 2.37. The molecule has 1 aromatic carbocycles. The minimum absolute atomic E-state index is 0.0618. The third-order valence-corrected chi connectivity index (χ3v) is 7.16. The molecule has 10 nitrogen and oxygen atoms in total. The van der Waals surface area contributed by atoms with Gasteiger partial charge in [-0.2, -0.15) is 0 Å². The molecule has 188 valence electrons. The molecule has 3 aromatic heterocycles. The highest BCUT2D eigenvalue weighted by Gasteiger charge is 2.28. The number of halogens is 1. The monoisotopic (exact) mass is 512 g/mol. The van der Waals surface area contributed by atoms with Crippen LogP contribution in [0.4, 0.5) is 10.3 Å². The molecule has 0 aliphatic heterocycles. The molecule has 0 aliphatic rings. The van der Waals surface area contributed by atoms with E-state index >= 15 is 0 Å².